The highest BCUT2D eigenvalue weighted by molar-refractivity contribution is 7.45. The number of hydrogen-bond donors (Lipinski definition) is 0. The second-order valence-electron chi connectivity index (χ2n) is 15.7. The average molecular weight is 758 g/mol. The Morgan fingerprint density at radius 2 is 1.06 bits per heavy atom. The van der Waals surface area contributed by atoms with E-state index in [1.54, 1.807) is 0 Å². The second-order valence-corrected chi connectivity index (χ2v) is 17.1. The van der Waals surface area contributed by atoms with Crippen molar-refractivity contribution >= 4 is 13.8 Å². The van der Waals surface area contributed by atoms with E-state index < -0.39 is 13.9 Å². The van der Waals surface area contributed by atoms with Crippen LogP contribution in [0.5, 0.6) is 0 Å². The molecule has 0 saturated heterocycles. The summed E-state index contributed by atoms with van der Waals surface area (Å²) >= 11 is 0. The maximum absolute atomic E-state index is 12.4. The predicted octanol–water partition coefficient (Wildman–Crippen LogP) is 11.8. The summed E-state index contributed by atoms with van der Waals surface area (Å²) in [7, 11) is 1.36. The third-order valence-electron chi connectivity index (χ3n) is 9.26. The molecule has 2 atom stereocenters. The van der Waals surface area contributed by atoms with Crippen LogP contribution < -0.4 is 4.89 Å². The van der Waals surface area contributed by atoms with E-state index in [-0.39, 0.29) is 25.8 Å². The zero-order chi connectivity index (χ0) is 38.4. The lowest BCUT2D eigenvalue weighted by molar-refractivity contribution is -0.870. The minimum Gasteiger partial charge on any atom is -0.756 e. The summed E-state index contributed by atoms with van der Waals surface area (Å²) in [5.41, 5.74) is 0. The molecular weight excluding hydrogens is 673 g/mol. The molecule has 0 heterocycles. The van der Waals surface area contributed by atoms with Gasteiger partial charge < -0.3 is 27.9 Å². The molecular formula is C43H84NO7P. The van der Waals surface area contributed by atoms with Gasteiger partial charge in [0, 0.05) is 13.0 Å². The van der Waals surface area contributed by atoms with Gasteiger partial charge in [0.25, 0.3) is 7.82 Å². The van der Waals surface area contributed by atoms with E-state index in [4.69, 9.17) is 18.5 Å². The number of carbonyl (C=O) groups excluding carboxylic acids is 1. The highest BCUT2D eigenvalue weighted by atomic mass is 31.2. The number of esters is 1. The number of quaternary nitrogens is 1. The van der Waals surface area contributed by atoms with Gasteiger partial charge in [-0.25, -0.2) is 0 Å². The number of rotatable bonds is 40. The van der Waals surface area contributed by atoms with Crippen molar-refractivity contribution in [3.05, 3.63) is 24.3 Å². The zero-order valence-electron chi connectivity index (χ0n) is 34.8. The van der Waals surface area contributed by atoms with E-state index in [0.717, 1.165) is 44.9 Å². The summed E-state index contributed by atoms with van der Waals surface area (Å²) in [6.45, 7) is 5.29. The first-order chi connectivity index (χ1) is 25.1. The summed E-state index contributed by atoms with van der Waals surface area (Å²) < 4.78 is 34.2. The molecule has 0 aliphatic carbocycles. The van der Waals surface area contributed by atoms with Crippen LogP contribution in [0.1, 0.15) is 187 Å². The van der Waals surface area contributed by atoms with Gasteiger partial charge in [0.2, 0.25) is 0 Å². The van der Waals surface area contributed by atoms with Crippen LogP contribution in [-0.2, 0) is 27.9 Å². The molecule has 0 N–H and O–H groups in total. The lowest BCUT2D eigenvalue weighted by atomic mass is 10.0. The van der Waals surface area contributed by atoms with Gasteiger partial charge in [0.15, 0.2) is 0 Å². The van der Waals surface area contributed by atoms with E-state index in [1.807, 2.05) is 21.1 Å². The van der Waals surface area contributed by atoms with Gasteiger partial charge in [-0.2, -0.15) is 0 Å². The molecule has 0 aliphatic heterocycles. The van der Waals surface area contributed by atoms with Crippen molar-refractivity contribution in [2.24, 2.45) is 0 Å². The van der Waals surface area contributed by atoms with Crippen LogP contribution in [0, 0.1) is 0 Å². The van der Waals surface area contributed by atoms with Crippen molar-refractivity contribution < 1.29 is 37.3 Å². The Morgan fingerprint density at radius 3 is 1.56 bits per heavy atom. The molecule has 2 unspecified atom stereocenters. The van der Waals surface area contributed by atoms with E-state index in [2.05, 4.69) is 38.2 Å². The summed E-state index contributed by atoms with van der Waals surface area (Å²) in [6, 6.07) is 0. The second kappa shape index (κ2) is 36.9. The Labute approximate surface area is 322 Å². The number of nitrogens with zero attached hydrogens (tertiary/aromatic N) is 1. The van der Waals surface area contributed by atoms with E-state index in [1.165, 1.54) is 122 Å². The molecule has 308 valence electrons. The van der Waals surface area contributed by atoms with Crippen LogP contribution in [0.15, 0.2) is 24.3 Å². The number of likely N-dealkylation sites (N-methyl/N-ethyl adjacent to an activating group) is 1. The molecule has 9 heteroatoms. The zero-order valence-corrected chi connectivity index (χ0v) is 35.7. The van der Waals surface area contributed by atoms with Crippen LogP contribution in [-0.4, -0.2) is 70.7 Å². The minimum absolute atomic E-state index is 0.0273. The summed E-state index contributed by atoms with van der Waals surface area (Å²) in [6.07, 6.45) is 41.2. The quantitative estimate of drug-likeness (QED) is 0.0202. The molecule has 0 fully saturated rings. The Balaban J connectivity index is 3.83. The molecule has 0 rings (SSSR count). The topological polar surface area (TPSA) is 94.1 Å². The van der Waals surface area contributed by atoms with E-state index >= 15 is 0 Å². The normalized spacial score (nSPS) is 14.0. The molecule has 0 bridgehead atoms. The van der Waals surface area contributed by atoms with Crippen LogP contribution >= 0.6 is 7.82 Å². The Kier molecular flexibility index (Phi) is 36.2. The third kappa shape index (κ3) is 40.2. The minimum atomic E-state index is -4.50. The molecule has 0 radical (unpaired) electrons. The van der Waals surface area contributed by atoms with Gasteiger partial charge >= 0.3 is 5.97 Å². The lowest BCUT2D eigenvalue weighted by Gasteiger charge is -2.28. The Bertz CT molecular complexity index is 889. The SMILES string of the molecule is CCCCCCC/C=C\C/C=C\CCCCCCCCCCCCCCCCOCC(COP(=O)([O-])OCC[N+](C)(C)C)OC(=O)CCCCCC. The monoisotopic (exact) mass is 758 g/mol. The first kappa shape index (κ1) is 51.0. The van der Waals surface area contributed by atoms with Crippen molar-refractivity contribution in [2.45, 2.75) is 193 Å². The number of unbranched alkanes of at least 4 members (excludes halogenated alkanes) is 22. The van der Waals surface area contributed by atoms with Crippen molar-refractivity contribution in [3.8, 4) is 0 Å². The smallest absolute Gasteiger partial charge is 0.306 e. The number of ether oxygens (including phenoxy) is 2. The van der Waals surface area contributed by atoms with Gasteiger partial charge in [-0.1, -0.05) is 160 Å². The number of phosphoric acid groups is 1. The summed E-state index contributed by atoms with van der Waals surface area (Å²) in [5, 5.41) is 0. The fourth-order valence-corrected chi connectivity index (χ4v) is 6.60. The summed E-state index contributed by atoms with van der Waals surface area (Å²) in [5.74, 6) is -0.351. The van der Waals surface area contributed by atoms with Crippen LogP contribution in [0.4, 0.5) is 0 Å². The first-order valence-corrected chi connectivity index (χ1v) is 23.0. The highest BCUT2D eigenvalue weighted by Crippen LogP contribution is 2.38. The highest BCUT2D eigenvalue weighted by Gasteiger charge is 2.20. The van der Waals surface area contributed by atoms with Crippen LogP contribution in [0.3, 0.4) is 0 Å². The third-order valence-corrected chi connectivity index (χ3v) is 10.2. The van der Waals surface area contributed by atoms with Crippen LogP contribution in [0.25, 0.3) is 0 Å². The van der Waals surface area contributed by atoms with Gasteiger partial charge in [-0.05, 0) is 44.9 Å². The molecule has 0 amide bonds. The van der Waals surface area contributed by atoms with Gasteiger partial charge in [0.1, 0.15) is 19.3 Å². The van der Waals surface area contributed by atoms with Crippen molar-refractivity contribution in [2.75, 3.05) is 54.1 Å². The lowest BCUT2D eigenvalue weighted by Crippen LogP contribution is -2.37. The standard InChI is InChI=1S/C43H84NO7P/c1-6-8-10-12-13-14-15-16-17-18-19-20-21-22-23-24-25-26-27-28-29-30-31-32-33-35-38-48-40-42(51-43(45)36-34-11-9-7-2)41-50-52(46,47)49-39-37-44(3,4)5/h15-16,18-19,42H,6-14,17,20-41H2,1-5H3/b16-15-,19-18-. The van der Waals surface area contributed by atoms with Crippen molar-refractivity contribution in [3.63, 3.8) is 0 Å². The maximum Gasteiger partial charge on any atom is 0.306 e. The maximum atomic E-state index is 12.4. The molecule has 0 aromatic rings. The number of carbonyl (C=O) groups is 1. The van der Waals surface area contributed by atoms with Crippen LogP contribution in [0.2, 0.25) is 0 Å². The van der Waals surface area contributed by atoms with E-state index in [0.29, 0.717) is 24.1 Å². The molecule has 0 saturated carbocycles. The number of allylic oxidation sites excluding steroid dienone is 4. The summed E-state index contributed by atoms with van der Waals surface area (Å²) in [4.78, 5) is 24.6. The Hall–Kier alpha value is -1.02. The average Bonchev–Trinajstić information content (AvgIpc) is 3.09. The predicted molar refractivity (Wildman–Crippen MR) is 217 cm³/mol. The fraction of sp³-hybridized carbons (Fsp3) is 0.884. The molecule has 52 heavy (non-hydrogen) atoms. The number of hydrogen-bond acceptors (Lipinski definition) is 7. The van der Waals surface area contributed by atoms with Crippen molar-refractivity contribution in [1.82, 2.24) is 0 Å². The molecule has 0 aromatic carbocycles. The van der Waals surface area contributed by atoms with Gasteiger partial charge in [0.05, 0.1) is 34.4 Å². The number of phosphoric ester groups is 1. The fourth-order valence-electron chi connectivity index (χ4n) is 5.87. The molecule has 0 aromatic heterocycles. The van der Waals surface area contributed by atoms with Gasteiger partial charge in [-0.3, -0.25) is 9.36 Å². The van der Waals surface area contributed by atoms with Gasteiger partial charge in [-0.15, -0.1) is 0 Å². The van der Waals surface area contributed by atoms with E-state index in [9.17, 15) is 14.3 Å². The molecule has 0 aliphatic rings. The molecule has 0 spiro atoms. The molecule has 8 nitrogen and oxygen atoms in total. The first-order valence-electron chi connectivity index (χ1n) is 21.6. The van der Waals surface area contributed by atoms with Crippen molar-refractivity contribution in [1.29, 1.82) is 0 Å². The largest absolute Gasteiger partial charge is 0.756 e. The Morgan fingerprint density at radius 1 is 0.596 bits per heavy atom.